The molecule has 8 heteroatoms. The van der Waals surface area contributed by atoms with E-state index in [1.54, 1.807) is 0 Å². The number of hydrogen-bond donors (Lipinski definition) is 3. The quantitative estimate of drug-likeness (QED) is 0.540. The molecule has 17 heavy (non-hydrogen) atoms. The normalized spacial score (nSPS) is 17.4. The first-order chi connectivity index (χ1) is 8.20. The first-order valence-electron chi connectivity index (χ1n) is 5.57. The molecule has 2 rings (SSSR count). The summed E-state index contributed by atoms with van der Waals surface area (Å²) in [5.74, 6) is 0.275. The van der Waals surface area contributed by atoms with Gasteiger partial charge in [-0.1, -0.05) is 0 Å². The molecule has 1 aromatic rings. The molecule has 0 radical (unpaired) electrons. The van der Waals surface area contributed by atoms with Crippen LogP contribution in [0.3, 0.4) is 0 Å². The van der Waals surface area contributed by atoms with E-state index in [0.29, 0.717) is 19.6 Å². The Morgan fingerprint density at radius 3 is 2.53 bits per heavy atom. The largest absolute Gasteiger partial charge is 0.348 e. The smallest absolute Gasteiger partial charge is 0.342 e. The lowest BCUT2D eigenvalue weighted by Gasteiger charge is -2.34. The molecule has 0 aliphatic carbocycles. The van der Waals surface area contributed by atoms with Gasteiger partial charge in [-0.15, -0.1) is 5.10 Å². The van der Waals surface area contributed by atoms with Crippen molar-refractivity contribution in [1.29, 1.82) is 0 Å². The van der Waals surface area contributed by atoms with Gasteiger partial charge in [0, 0.05) is 39.3 Å². The van der Waals surface area contributed by atoms with Crippen molar-refractivity contribution in [2.24, 2.45) is 5.73 Å². The van der Waals surface area contributed by atoms with Crippen molar-refractivity contribution < 1.29 is 0 Å². The summed E-state index contributed by atoms with van der Waals surface area (Å²) in [4.78, 5) is 28.6. The summed E-state index contributed by atoms with van der Waals surface area (Å²) in [6, 6.07) is 0. The Kier molecular flexibility index (Phi) is 3.55. The highest BCUT2D eigenvalue weighted by atomic mass is 16.2. The number of anilines is 1. The lowest BCUT2D eigenvalue weighted by atomic mass is 10.3. The standard InChI is InChI=1S/C9H16N6O2/c10-1-2-14-3-5-15(6-4-14)7-8(16)11-9(17)13-12-7/h1-6,10H2,(H2,11,13,16,17). The molecule has 2 heterocycles. The van der Waals surface area contributed by atoms with Crippen LogP contribution in [0.15, 0.2) is 9.59 Å². The van der Waals surface area contributed by atoms with Crippen molar-refractivity contribution in [2.45, 2.75) is 0 Å². The number of nitrogens with zero attached hydrogens (tertiary/aromatic N) is 3. The maximum atomic E-state index is 11.5. The van der Waals surface area contributed by atoms with E-state index in [0.717, 1.165) is 19.6 Å². The molecular formula is C9H16N6O2. The van der Waals surface area contributed by atoms with Gasteiger partial charge in [0.1, 0.15) is 0 Å². The van der Waals surface area contributed by atoms with Gasteiger partial charge in [-0.25, -0.2) is 9.89 Å². The van der Waals surface area contributed by atoms with Crippen LogP contribution in [0.25, 0.3) is 0 Å². The monoisotopic (exact) mass is 240 g/mol. The molecule has 4 N–H and O–H groups in total. The second kappa shape index (κ2) is 5.11. The number of piperazine rings is 1. The van der Waals surface area contributed by atoms with E-state index < -0.39 is 11.2 Å². The first-order valence-corrected chi connectivity index (χ1v) is 5.57. The number of aromatic nitrogens is 3. The Balaban J connectivity index is 2.05. The third-order valence-corrected chi connectivity index (χ3v) is 2.81. The lowest BCUT2D eigenvalue weighted by molar-refractivity contribution is 0.264. The van der Waals surface area contributed by atoms with E-state index in [4.69, 9.17) is 5.73 Å². The summed E-state index contributed by atoms with van der Waals surface area (Å²) in [6.45, 7) is 4.61. The molecule has 1 saturated heterocycles. The van der Waals surface area contributed by atoms with E-state index in [9.17, 15) is 9.59 Å². The van der Waals surface area contributed by atoms with Crippen molar-refractivity contribution in [1.82, 2.24) is 20.1 Å². The minimum absolute atomic E-state index is 0.275. The topological polar surface area (TPSA) is 111 Å². The molecule has 0 unspecified atom stereocenters. The van der Waals surface area contributed by atoms with Crippen molar-refractivity contribution >= 4 is 5.82 Å². The van der Waals surface area contributed by atoms with Gasteiger partial charge in [0.05, 0.1) is 0 Å². The van der Waals surface area contributed by atoms with E-state index in [1.807, 2.05) is 4.90 Å². The van der Waals surface area contributed by atoms with Crippen LogP contribution in [0, 0.1) is 0 Å². The molecule has 0 saturated carbocycles. The third-order valence-electron chi connectivity index (χ3n) is 2.81. The summed E-state index contributed by atoms with van der Waals surface area (Å²) >= 11 is 0. The van der Waals surface area contributed by atoms with Crippen LogP contribution >= 0.6 is 0 Å². The zero-order chi connectivity index (χ0) is 12.3. The fourth-order valence-corrected chi connectivity index (χ4v) is 1.92. The van der Waals surface area contributed by atoms with Gasteiger partial charge in [0.2, 0.25) is 5.82 Å². The SMILES string of the molecule is NCCN1CCN(c2n[nH]c(=O)[nH]c2=O)CC1. The molecule has 94 valence electrons. The Morgan fingerprint density at radius 2 is 1.94 bits per heavy atom. The van der Waals surface area contributed by atoms with Crippen molar-refractivity contribution in [2.75, 3.05) is 44.2 Å². The summed E-state index contributed by atoms with van der Waals surface area (Å²) in [5.41, 5.74) is 4.46. The fraction of sp³-hybridized carbons (Fsp3) is 0.667. The van der Waals surface area contributed by atoms with Crippen LogP contribution in [0.4, 0.5) is 5.82 Å². The van der Waals surface area contributed by atoms with Crippen LogP contribution in [0.5, 0.6) is 0 Å². The minimum atomic E-state index is -0.583. The number of rotatable bonds is 3. The number of hydrogen-bond acceptors (Lipinski definition) is 6. The summed E-state index contributed by atoms with van der Waals surface area (Å²) < 4.78 is 0. The van der Waals surface area contributed by atoms with Gasteiger partial charge in [0.15, 0.2) is 0 Å². The Labute approximate surface area is 97.4 Å². The van der Waals surface area contributed by atoms with E-state index in [-0.39, 0.29) is 5.82 Å². The van der Waals surface area contributed by atoms with Gasteiger partial charge < -0.3 is 10.6 Å². The number of nitrogens with one attached hydrogen (secondary N) is 2. The maximum absolute atomic E-state index is 11.5. The number of H-pyrrole nitrogens is 2. The zero-order valence-electron chi connectivity index (χ0n) is 9.48. The Morgan fingerprint density at radius 1 is 1.24 bits per heavy atom. The van der Waals surface area contributed by atoms with Crippen LogP contribution in [-0.4, -0.2) is 59.3 Å². The van der Waals surface area contributed by atoms with Crippen LogP contribution in [-0.2, 0) is 0 Å². The first kappa shape index (κ1) is 11.8. The molecule has 0 amide bonds. The van der Waals surface area contributed by atoms with Crippen LogP contribution in [0.1, 0.15) is 0 Å². The minimum Gasteiger partial charge on any atom is -0.348 e. The second-order valence-electron chi connectivity index (χ2n) is 3.95. The third kappa shape index (κ3) is 2.71. The average Bonchev–Trinajstić information content (AvgIpc) is 2.31. The summed E-state index contributed by atoms with van der Waals surface area (Å²) in [5, 5.41) is 6.01. The van der Waals surface area contributed by atoms with Gasteiger partial charge in [0.25, 0.3) is 5.56 Å². The molecule has 0 aromatic carbocycles. The average molecular weight is 240 g/mol. The fourth-order valence-electron chi connectivity index (χ4n) is 1.92. The van der Waals surface area contributed by atoms with Crippen LogP contribution in [0.2, 0.25) is 0 Å². The van der Waals surface area contributed by atoms with Gasteiger partial charge >= 0.3 is 5.69 Å². The van der Waals surface area contributed by atoms with Crippen molar-refractivity contribution in [3.8, 4) is 0 Å². The molecule has 0 spiro atoms. The molecule has 1 fully saturated rings. The number of nitrogens with two attached hydrogens (primary N) is 1. The maximum Gasteiger partial charge on any atom is 0.342 e. The predicted octanol–water partition coefficient (Wildman–Crippen LogP) is -2.46. The summed E-state index contributed by atoms with van der Waals surface area (Å²) in [7, 11) is 0. The van der Waals surface area contributed by atoms with Gasteiger partial charge in [-0.3, -0.25) is 14.7 Å². The van der Waals surface area contributed by atoms with Crippen molar-refractivity contribution in [3.05, 3.63) is 20.8 Å². The summed E-state index contributed by atoms with van der Waals surface area (Å²) in [6.07, 6.45) is 0. The molecule has 1 aliphatic rings. The Bertz CT molecular complexity index is 473. The molecule has 8 nitrogen and oxygen atoms in total. The Hall–Kier alpha value is -1.67. The van der Waals surface area contributed by atoms with Gasteiger partial charge in [-0.05, 0) is 0 Å². The highest BCUT2D eigenvalue weighted by Crippen LogP contribution is 2.06. The van der Waals surface area contributed by atoms with Gasteiger partial charge in [-0.2, -0.15) is 0 Å². The highest BCUT2D eigenvalue weighted by Gasteiger charge is 2.19. The van der Waals surface area contributed by atoms with E-state index in [2.05, 4.69) is 20.1 Å². The lowest BCUT2D eigenvalue weighted by Crippen LogP contribution is -2.49. The van der Waals surface area contributed by atoms with Crippen LogP contribution < -0.4 is 21.9 Å². The highest BCUT2D eigenvalue weighted by molar-refractivity contribution is 5.34. The number of aromatic amines is 2. The molecule has 0 atom stereocenters. The molecule has 0 bridgehead atoms. The second-order valence-corrected chi connectivity index (χ2v) is 3.95. The van der Waals surface area contributed by atoms with E-state index >= 15 is 0 Å². The molecule has 1 aromatic heterocycles. The molecular weight excluding hydrogens is 224 g/mol. The zero-order valence-corrected chi connectivity index (χ0v) is 9.48. The van der Waals surface area contributed by atoms with E-state index in [1.165, 1.54) is 0 Å². The molecule has 1 aliphatic heterocycles. The predicted molar refractivity (Wildman–Crippen MR) is 63.2 cm³/mol. The van der Waals surface area contributed by atoms with Crippen molar-refractivity contribution in [3.63, 3.8) is 0 Å².